The van der Waals surface area contributed by atoms with Crippen LogP contribution < -0.4 is 4.74 Å². The van der Waals surface area contributed by atoms with E-state index in [9.17, 15) is 9.59 Å². The molecule has 1 aromatic carbocycles. The molecule has 0 radical (unpaired) electrons. The molecule has 0 aliphatic carbocycles. The van der Waals surface area contributed by atoms with Crippen LogP contribution in [-0.4, -0.2) is 27.7 Å². The van der Waals surface area contributed by atoms with Gasteiger partial charge >= 0.3 is 12.2 Å². The molecule has 6 nitrogen and oxygen atoms in total. The minimum atomic E-state index is -0.469. The third-order valence-corrected chi connectivity index (χ3v) is 2.43. The summed E-state index contributed by atoms with van der Waals surface area (Å²) in [5.41, 5.74) is 9.12. The van der Waals surface area contributed by atoms with Gasteiger partial charge < -0.3 is 10.3 Å². The van der Waals surface area contributed by atoms with Crippen LogP contribution in [0, 0.1) is 0 Å². The van der Waals surface area contributed by atoms with Gasteiger partial charge in [0.2, 0.25) is 0 Å². The Bertz CT molecular complexity index is 718. The maximum absolute atomic E-state index is 11.7. The Morgan fingerprint density at radius 1 is 1.37 bits per heavy atom. The molecule has 2 aromatic rings. The van der Waals surface area contributed by atoms with E-state index >= 15 is 0 Å². The van der Waals surface area contributed by atoms with Crippen molar-refractivity contribution in [2.24, 2.45) is 0 Å². The summed E-state index contributed by atoms with van der Waals surface area (Å²) in [5.74, 6) is -0.654. The molecule has 0 amide bonds. The van der Waals surface area contributed by atoms with Crippen molar-refractivity contribution < 1.29 is 19.1 Å². The van der Waals surface area contributed by atoms with Gasteiger partial charge in [-0.1, -0.05) is 12.1 Å². The van der Waals surface area contributed by atoms with E-state index in [1.54, 1.807) is 18.2 Å². The maximum Gasteiger partial charge on any atom is 0.328 e. The Kier molecular flexibility index (Phi) is 3.45. The monoisotopic (exact) mass is 255 g/mol. The number of hydrogen-bond acceptors (Lipinski definition) is 4. The second kappa shape index (κ2) is 5.20. The summed E-state index contributed by atoms with van der Waals surface area (Å²) in [4.78, 5) is 29.6. The van der Waals surface area contributed by atoms with Crippen LogP contribution in [-0.2, 0) is 4.79 Å². The summed E-state index contributed by atoms with van der Waals surface area (Å²) >= 11 is 0. The molecule has 2 rings (SSSR count). The minimum absolute atomic E-state index is 0.278. The van der Waals surface area contributed by atoms with Crippen LogP contribution in [0.3, 0.4) is 0 Å². The highest BCUT2D eigenvalue weighted by atomic mass is 16.5. The Labute approximate surface area is 108 Å². The predicted octanol–water partition coefficient (Wildman–Crippen LogP) is 1.64. The normalized spacial score (nSPS) is 9.74. The van der Waals surface area contributed by atoms with E-state index in [1.165, 1.54) is 19.2 Å². The van der Waals surface area contributed by atoms with E-state index in [0.717, 1.165) is 6.21 Å². The van der Waals surface area contributed by atoms with E-state index in [4.69, 9.17) is 10.3 Å². The van der Waals surface area contributed by atoms with Gasteiger partial charge in [0.15, 0.2) is 5.75 Å². The van der Waals surface area contributed by atoms with E-state index in [2.05, 4.69) is 9.77 Å². The van der Waals surface area contributed by atoms with E-state index < -0.39 is 11.8 Å². The van der Waals surface area contributed by atoms with Crippen LogP contribution in [0.15, 0.2) is 30.5 Å². The van der Waals surface area contributed by atoms with Gasteiger partial charge in [-0.05, 0) is 12.1 Å². The van der Waals surface area contributed by atoms with Crippen LogP contribution in [0.4, 0.5) is 0 Å². The molecule has 0 unspecified atom stereocenters. The summed E-state index contributed by atoms with van der Waals surface area (Å²) in [7, 11) is 0. The first-order chi connectivity index (χ1) is 9.13. The molecule has 0 saturated heterocycles. The van der Waals surface area contributed by atoms with Crippen LogP contribution in [0.2, 0.25) is 0 Å². The van der Waals surface area contributed by atoms with Gasteiger partial charge in [-0.25, -0.2) is 0 Å². The highest BCUT2D eigenvalue weighted by Gasteiger charge is 2.14. The number of ether oxygens (including phenoxy) is 1. The lowest BCUT2D eigenvalue weighted by Crippen LogP contribution is -2.05. The van der Waals surface area contributed by atoms with Crippen molar-refractivity contribution in [3.8, 4) is 5.75 Å². The topological polar surface area (TPSA) is 92.7 Å². The summed E-state index contributed by atoms with van der Waals surface area (Å²) < 4.78 is 5.03. The van der Waals surface area contributed by atoms with Gasteiger partial charge in [0.1, 0.15) is 5.52 Å². The van der Waals surface area contributed by atoms with Gasteiger partial charge in [-0.3, -0.25) is 14.6 Å². The molecule has 19 heavy (non-hydrogen) atoms. The number of rotatable bonds is 3. The van der Waals surface area contributed by atoms with Crippen LogP contribution in [0.5, 0.6) is 5.75 Å². The van der Waals surface area contributed by atoms with Crippen molar-refractivity contribution in [1.29, 1.82) is 0 Å². The Morgan fingerprint density at radius 2 is 2.16 bits per heavy atom. The van der Waals surface area contributed by atoms with Crippen molar-refractivity contribution in [2.45, 2.75) is 6.92 Å². The third-order valence-electron chi connectivity index (χ3n) is 2.43. The highest BCUT2D eigenvalue weighted by molar-refractivity contribution is 6.36. The summed E-state index contributed by atoms with van der Waals surface area (Å²) in [5, 5.41) is 0.520. The SMILES string of the molecule is CC(=O)Oc1cccc2c(C(=O)C=[N+]=[N-])ccnc12. The number of benzene rings is 1. The average Bonchev–Trinajstić information content (AvgIpc) is 2.38. The lowest BCUT2D eigenvalue weighted by atomic mass is 10.1. The minimum Gasteiger partial charge on any atom is -0.424 e. The van der Waals surface area contributed by atoms with Gasteiger partial charge in [0.25, 0.3) is 5.78 Å². The number of nitrogens with zero attached hydrogens (tertiary/aromatic N) is 3. The number of carbonyl (C=O) groups excluding carboxylic acids is 2. The molecular formula is C13H9N3O3. The van der Waals surface area contributed by atoms with Gasteiger partial charge in [-0.2, -0.15) is 4.79 Å². The standard InChI is InChI=1S/C13H9N3O3/c1-8(17)19-12-4-2-3-10-9(11(18)7-16-14)5-6-15-13(10)12/h2-7H,1H3. The smallest absolute Gasteiger partial charge is 0.328 e. The quantitative estimate of drug-likeness (QED) is 0.208. The second-order valence-electron chi connectivity index (χ2n) is 3.71. The number of para-hydroxylation sites is 1. The molecule has 1 heterocycles. The number of carbonyl (C=O) groups is 2. The van der Waals surface area contributed by atoms with Gasteiger partial charge in [0.05, 0.1) is 0 Å². The molecule has 0 bridgehead atoms. The van der Waals surface area contributed by atoms with E-state index in [0.29, 0.717) is 16.5 Å². The predicted molar refractivity (Wildman–Crippen MR) is 67.1 cm³/mol. The number of esters is 1. The van der Waals surface area contributed by atoms with Crippen molar-refractivity contribution >= 4 is 28.9 Å². The molecule has 0 aliphatic rings. The van der Waals surface area contributed by atoms with E-state index in [1.807, 2.05) is 0 Å². The van der Waals surface area contributed by atoms with Crippen LogP contribution >= 0.6 is 0 Å². The first-order valence-electron chi connectivity index (χ1n) is 5.41. The molecule has 94 valence electrons. The number of fused-ring (bicyclic) bond motifs is 1. The molecule has 0 aliphatic heterocycles. The number of ketones is 1. The van der Waals surface area contributed by atoms with Gasteiger partial charge in [-0.15, -0.1) is 0 Å². The van der Waals surface area contributed by atoms with Crippen molar-refractivity contribution in [1.82, 2.24) is 4.98 Å². The lowest BCUT2D eigenvalue weighted by Gasteiger charge is -2.06. The fraction of sp³-hybridized carbons (Fsp3) is 0.0769. The second-order valence-corrected chi connectivity index (χ2v) is 3.71. The lowest BCUT2D eigenvalue weighted by molar-refractivity contribution is -0.131. The first-order valence-corrected chi connectivity index (χ1v) is 5.41. The Balaban J connectivity index is 2.67. The molecule has 1 aromatic heterocycles. The molecule has 0 fully saturated rings. The molecular weight excluding hydrogens is 246 g/mol. The number of hydrogen-bond donors (Lipinski definition) is 0. The molecule has 0 atom stereocenters. The summed E-state index contributed by atoms with van der Waals surface area (Å²) in [6, 6.07) is 6.41. The fourth-order valence-corrected chi connectivity index (χ4v) is 1.72. The van der Waals surface area contributed by atoms with Gasteiger partial charge in [0, 0.05) is 24.1 Å². The fourth-order valence-electron chi connectivity index (χ4n) is 1.72. The zero-order valence-corrected chi connectivity index (χ0v) is 10.0. The van der Waals surface area contributed by atoms with Crippen molar-refractivity contribution in [3.05, 3.63) is 41.6 Å². The van der Waals surface area contributed by atoms with E-state index in [-0.39, 0.29) is 5.75 Å². The zero-order valence-electron chi connectivity index (χ0n) is 10.0. The molecule has 0 N–H and O–H groups in total. The maximum atomic E-state index is 11.7. The first kappa shape index (κ1) is 12.6. The van der Waals surface area contributed by atoms with Crippen molar-refractivity contribution in [2.75, 3.05) is 0 Å². The Hall–Kier alpha value is -2.85. The van der Waals surface area contributed by atoms with Crippen LogP contribution in [0.25, 0.3) is 16.4 Å². The van der Waals surface area contributed by atoms with Crippen molar-refractivity contribution in [3.63, 3.8) is 0 Å². The number of aromatic nitrogens is 1. The molecule has 0 spiro atoms. The number of pyridine rings is 1. The summed E-state index contributed by atoms with van der Waals surface area (Å²) in [6.07, 6.45) is 2.22. The zero-order chi connectivity index (χ0) is 13.8. The highest BCUT2D eigenvalue weighted by Crippen LogP contribution is 2.26. The summed E-state index contributed by atoms with van der Waals surface area (Å²) in [6.45, 7) is 1.28. The third kappa shape index (κ3) is 2.53. The number of Topliss-reactive ketones (excluding diaryl/α,β-unsaturated/α-hetero) is 1. The Morgan fingerprint density at radius 3 is 2.84 bits per heavy atom. The molecule has 0 saturated carbocycles. The largest absolute Gasteiger partial charge is 0.424 e. The molecule has 6 heteroatoms. The van der Waals surface area contributed by atoms with Crippen LogP contribution in [0.1, 0.15) is 17.3 Å². The average molecular weight is 255 g/mol.